The molecule has 2 rings (SSSR count). The van der Waals surface area contributed by atoms with E-state index in [2.05, 4.69) is 15.3 Å². The molecule has 0 aliphatic heterocycles. The monoisotopic (exact) mass is 372 g/mol. The van der Waals surface area contributed by atoms with E-state index in [1.165, 1.54) is 20.4 Å². The van der Waals surface area contributed by atoms with Gasteiger partial charge in [0.05, 0.1) is 33.1 Å². The number of carbonyl (C=O) groups excluding carboxylic acids is 2. The Kier molecular flexibility index (Phi) is 7.18. The van der Waals surface area contributed by atoms with Crippen LogP contribution in [-0.4, -0.2) is 46.0 Å². The van der Waals surface area contributed by atoms with Crippen molar-refractivity contribution in [3.05, 3.63) is 53.6 Å². The van der Waals surface area contributed by atoms with Crippen molar-refractivity contribution in [2.75, 3.05) is 27.9 Å². The summed E-state index contributed by atoms with van der Waals surface area (Å²) < 4.78 is 20.3. The van der Waals surface area contributed by atoms with Crippen molar-refractivity contribution in [2.24, 2.45) is 5.10 Å². The Labute approximate surface area is 156 Å². The van der Waals surface area contributed by atoms with Gasteiger partial charge in [0.1, 0.15) is 5.75 Å². The van der Waals surface area contributed by atoms with Gasteiger partial charge in [0.15, 0.2) is 18.1 Å². The molecule has 0 aliphatic rings. The fraction of sp³-hybridized carbons (Fsp3) is 0.211. The van der Waals surface area contributed by atoms with Crippen molar-refractivity contribution in [3.8, 4) is 17.2 Å². The summed E-state index contributed by atoms with van der Waals surface area (Å²) in [5.74, 6) is 0.742. The Morgan fingerprint density at radius 3 is 2.33 bits per heavy atom. The molecule has 0 atom stereocenters. The van der Waals surface area contributed by atoms with E-state index in [1.54, 1.807) is 49.6 Å². The van der Waals surface area contributed by atoms with Crippen molar-refractivity contribution in [1.82, 2.24) is 5.43 Å². The van der Waals surface area contributed by atoms with Crippen LogP contribution in [-0.2, 0) is 9.53 Å². The number of ether oxygens (including phenoxy) is 4. The normalized spacial score (nSPS) is 10.3. The van der Waals surface area contributed by atoms with Crippen molar-refractivity contribution < 1.29 is 28.5 Å². The number of benzene rings is 2. The molecule has 2 aromatic carbocycles. The smallest absolute Gasteiger partial charge is 0.337 e. The lowest BCUT2D eigenvalue weighted by atomic mass is 10.2. The highest BCUT2D eigenvalue weighted by Crippen LogP contribution is 2.26. The molecule has 0 bridgehead atoms. The first-order valence-electron chi connectivity index (χ1n) is 7.92. The zero-order valence-electron chi connectivity index (χ0n) is 15.2. The molecule has 2 aromatic rings. The third kappa shape index (κ3) is 5.74. The lowest BCUT2D eigenvalue weighted by Crippen LogP contribution is -2.24. The van der Waals surface area contributed by atoms with Crippen molar-refractivity contribution in [2.45, 2.75) is 0 Å². The van der Waals surface area contributed by atoms with Gasteiger partial charge in [-0.25, -0.2) is 10.2 Å². The fourth-order valence-electron chi connectivity index (χ4n) is 2.10. The lowest BCUT2D eigenvalue weighted by molar-refractivity contribution is -0.123. The van der Waals surface area contributed by atoms with Crippen molar-refractivity contribution in [1.29, 1.82) is 0 Å². The van der Waals surface area contributed by atoms with Crippen LogP contribution in [0.2, 0.25) is 0 Å². The second-order valence-corrected chi connectivity index (χ2v) is 5.21. The summed E-state index contributed by atoms with van der Waals surface area (Å²) in [5, 5.41) is 3.87. The Morgan fingerprint density at radius 1 is 1.00 bits per heavy atom. The number of hydrazone groups is 1. The Bertz CT molecular complexity index is 817. The van der Waals surface area contributed by atoms with Crippen LogP contribution < -0.4 is 19.6 Å². The number of rotatable bonds is 8. The summed E-state index contributed by atoms with van der Waals surface area (Å²) in [6, 6.07) is 11.5. The van der Waals surface area contributed by atoms with E-state index in [0.29, 0.717) is 22.8 Å². The predicted octanol–water partition coefficient (Wildman–Crippen LogP) is 2.02. The van der Waals surface area contributed by atoms with E-state index in [0.717, 1.165) is 5.56 Å². The van der Waals surface area contributed by atoms with E-state index in [1.807, 2.05) is 0 Å². The fourth-order valence-corrected chi connectivity index (χ4v) is 2.10. The maximum Gasteiger partial charge on any atom is 0.337 e. The summed E-state index contributed by atoms with van der Waals surface area (Å²) in [6.07, 6.45) is 1.48. The molecule has 0 saturated carbocycles. The first-order chi connectivity index (χ1) is 13.1. The van der Waals surface area contributed by atoms with Gasteiger partial charge in [-0.15, -0.1) is 0 Å². The minimum absolute atomic E-state index is 0.221. The van der Waals surface area contributed by atoms with Gasteiger partial charge in [-0.1, -0.05) is 0 Å². The van der Waals surface area contributed by atoms with E-state index in [9.17, 15) is 9.59 Å². The number of nitrogens with one attached hydrogen (secondary N) is 1. The molecular weight excluding hydrogens is 352 g/mol. The third-order valence-electron chi connectivity index (χ3n) is 3.46. The van der Waals surface area contributed by atoms with Gasteiger partial charge < -0.3 is 18.9 Å². The maximum atomic E-state index is 11.8. The number of methoxy groups -OCH3 is 3. The highest BCUT2D eigenvalue weighted by atomic mass is 16.5. The van der Waals surface area contributed by atoms with E-state index < -0.39 is 11.9 Å². The third-order valence-corrected chi connectivity index (χ3v) is 3.46. The standard InChI is InChI=1S/C19H20N2O6/c1-24-16-9-4-13(10-17(16)25-2)11-20-21-18(22)12-27-15-7-5-14(6-8-15)19(23)26-3/h4-11H,12H2,1-3H3,(H,21,22)/b20-11+. The van der Waals surface area contributed by atoms with Crippen LogP contribution in [0.1, 0.15) is 15.9 Å². The first kappa shape index (κ1) is 19.8. The highest BCUT2D eigenvalue weighted by molar-refractivity contribution is 5.89. The van der Waals surface area contributed by atoms with Crippen LogP contribution in [0, 0.1) is 0 Å². The molecule has 8 heteroatoms. The summed E-state index contributed by atoms with van der Waals surface area (Å²) in [5.41, 5.74) is 3.49. The number of nitrogens with zero attached hydrogens (tertiary/aromatic N) is 1. The highest BCUT2D eigenvalue weighted by Gasteiger charge is 2.06. The SMILES string of the molecule is COC(=O)c1ccc(OCC(=O)N/N=C/c2ccc(OC)c(OC)c2)cc1. The van der Waals surface area contributed by atoms with E-state index >= 15 is 0 Å². The van der Waals surface area contributed by atoms with Crippen LogP contribution in [0.3, 0.4) is 0 Å². The van der Waals surface area contributed by atoms with Gasteiger partial charge in [0, 0.05) is 0 Å². The predicted molar refractivity (Wildman–Crippen MR) is 98.6 cm³/mol. The van der Waals surface area contributed by atoms with Crippen molar-refractivity contribution >= 4 is 18.1 Å². The Balaban J connectivity index is 1.84. The molecule has 0 saturated heterocycles. The average Bonchev–Trinajstić information content (AvgIpc) is 2.71. The minimum atomic E-state index is -0.441. The van der Waals surface area contributed by atoms with E-state index in [-0.39, 0.29) is 6.61 Å². The second-order valence-electron chi connectivity index (χ2n) is 5.21. The topological polar surface area (TPSA) is 95.5 Å². The van der Waals surface area contributed by atoms with Crippen LogP contribution >= 0.6 is 0 Å². The Hall–Kier alpha value is -3.55. The van der Waals surface area contributed by atoms with Gasteiger partial charge in [-0.05, 0) is 48.0 Å². The molecular formula is C19H20N2O6. The molecule has 0 fully saturated rings. The average molecular weight is 372 g/mol. The number of carbonyl (C=O) groups is 2. The molecule has 1 amide bonds. The number of hydrogen-bond donors (Lipinski definition) is 1. The maximum absolute atomic E-state index is 11.8. The molecule has 1 N–H and O–H groups in total. The van der Waals surface area contributed by atoms with Gasteiger partial charge in [0.25, 0.3) is 5.91 Å². The molecule has 27 heavy (non-hydrogen) atoms. The molecule has 142 valence electrons. The molecule has 0 aromatic heterocycles. The van der Waals surface area contributed by atoms with E-state index in [4.69, 9.17) is 14.2 Å². The quantitative estimate of drug-likeness (QED) is 0.433. The summed E-state index contributed by atoms with van der Waals surface area (Å²) in [6.45, 7) is -0.221. The van der Waals surface area contributed by atoms with Crippen LogP contribution in [0.5, 0.6) is 17.2 Å². The van der Waals surface area contributed by atoms with Crippen molar-refractivity contribution in [3.63, 3.8) is 0 Å². The molecule has 0 unspecified atom stereocenters. The summed E-state index contributed by atoms with van der Waals surface area (Å²) >= 11 is 0. The number of hydrogen-bond acceptors (Lipinski definition) is 7. The zero-order valence-corrected chi connectivity index (χ0v) is 15.2. The molecule has 0 radical (unpaired) electrons. The molecule has 0 spiro atoms. The number of amides is 1. The van der Waals surface area contributed by atoms with Gasteiger partial charge >= 0.3 is 5.97 Å². The summed E-state index contributed by atoms with van der Waals surface area (Å²) in [7, 11) is 4.39. The van der Waals surface area contributed by atoms with Crippen LogP contribution in [0.25, 0.3) is 0 Å². The van der Waals surface area contributed by atoms with Gasteiger partial charge in [0.2, 0.25) is 0 Å². The number of esters is 1. The molecule has 8 nitrogen and oxygen atoms in total. The second kappa shape index (κ2) is 9.81. The van der Waals surface area contributed by atoms with Gasteiger partial charge in [-0.2, -0.15) is 5.10 Å². The first-order valence-corrected chi connectivity index (χ1v) is 7.92. The Morgan fingerprint density at radius 2 is 1.70 bits per heavy atom. The summed E-state index contributed by atoms with van der Waals surface area (Å²) in [4.78, 5) is 23.1. The minimum Gasteiger partial charge on any atom is -0.493 e. The molecule has 0 heterocycles. The van der Waals surface area contributed by atoms with Crippen LogP contribution in [0.4, 0.5) is 0 Å². The van der Waals surface area contributed by atoms with Crippen LogP contribution in [0.15, 0.2) is 47.6 Å². The van der Waals surface area contributed by atoms with Gasteiger partial charge in [-0.3, -0.25) is 4.79 Å². The molecule has 0 aliphatic carbocycles. The largest absolute Gasteiger partial charge is 0.493 e. The zero-order chi connectivity index (χ0) is 19.6. The lowest BCUT2D eigenvalue weighted by Gasteiger charge is -2.07.